The second-order valence-electron chi connectivity index (χ2n) is 4.00. The molecule has 0 atom stereocenters. The molecule has 0 bridgehead atoms. The van der Waals surface area contributed by atoms with Crippen molar-refractivity contribution in [2.75, 3.05) is 13.2 Å². The average molecular weight is 278 g/mol. The zero-order chi connectivity index (χ0) is 13.8. The molecule has 0 fully saturated rings. The number of hydrogen-bond acceptors (Lipinski definition) is 5. The molecule has 1 aliphatic heterocycles. The summed E-state index contributed by atoms with van der Waals surface area (Å²) >= 11 is 1.55. The van der Waals surface area contributed by atoms with Crippen molar-refractivity contribution in [3.8, 4) is 0 Å². The van der Waals surface area contributed by atoms with E-state index in [4.69, 9.17) is 4.74 Å². The van der Waals surface area contributed by atoms with E-state index in [0.717, 1.165) is 4.88 Å². The highest BCUT2D eigenvalue weighted by Gasteiger charge is 2.27. The summed E-state index contributed by atoms with van der Waals surface area (Å²) in [4.78, 5) is 29.6. The van der Waals surface area contributed by atoms with Crippen LogP contribution in [0, 0.1) is 0 Å². The Kier molecular flexibility index (Phi) is 4.11. The molecule has 6 heteroatoms. The zero-order valence-electron chi connectivity index (χ0n) is 10.8. The number of aliphatic imine (C=N–C) groups is 1. The van der Waals surface area contributed by atoms with E-state index in [1.54, 1.807) is 24.3 Å². The van der Waals surface area contributed by atoms with E-state index in [-0.39, 0.29) is 18.5 Å². The summed E-state index contributed by atoms with van der Waals surface area (Å²) in [6, 6.07) is 3.85. The maximum absolute atomic E-state index is 12.1. The molecule has 0 aliphatic carbocycles. The molecule has 0 radical (unpaired) electrons. The lowest BCUT2D eigenvalue weighted by Gasteiger charge is -2.15. The van der Waals surface area contributed by atoms with Crippen molar-refractivity contribution < 1.29 is 14.3 Å². The molecule has 100 valence electrons. The van der Waals surface area contributed by atoms with E-state index in [9.17, 15) is 9.59 Å². The molecular formula is C13H14N2O3S. The van der Waals surface area contributed by atoms with Crippen molar-refractivity contribution >= 4 is 35.1 Å². The summed E-state index contributed by atoms with van der Waals surface area (Å²) in [5.41, 5.74) is 0.419. The van der Waals surface area contributed by atoms with E-state index in [0.29, 0.717) is 18.1 Å². The van der Waals surface area contributed by atoms with Crippen molar-refractivity contribution in [1.82, 2.24) is 4.90 Å². The van der Waals surface area contributed by atoms with Crippen LogP contribution in [0.15, 0.2) is 28.2 Å². The lowest BCUT2D eigenvalue weighted by Crippen LogP contribution is -2.33. The molecule has 0 N–H and O–H groups in total. The number of carbonyl (C=O) groups is 2. The van der Waals surface area contributed by atoms with Crippen LogP contribution in [-0.4, -0.2) is 35.8 Å². The van der Waals surface area contributed by atoms with E-state index in [1.807, 2.05) is 17.5 Å². The van der Waals surface area contributed by atoms with E-state index in [2.05, 4.69) is 4.99 Å². The minimum absolute atomic E-state index is 0.155. The molecule has 0 saturated heterocycles. The number of esters is 1. The summed E-state index contributed by atoms with van der Waals surface area (Å²) in [5.74, 6) is 0.119. The van der Waals surface area contributed by atoms with Crippen LogP contribution >= 0.6 is 11.3 Å². The highest BCUT2D eigenvalue weighted by Crippen LogP contribution is 2.20. The smallest absolute Gasteiger partial charge is 0.302 e. The average Bonchev–Trinajstić information content (AvgIpc) is 2.93. The Labute approximate surface area is 115 Å². The number of rotatable bonds is 4. The van der Waals surface area contributed by atoms with Crippen molar-refractivity contribution in [3.63, 3.8) is 0 Å². The van der Waals surface area contributed by atoms with Crippen LogP contribution in [0.4, 0.5) is 0 Å². The number of amides is 1. The fourth-order valence-corrected chi connectivity index (χ4v) is 2.36. The number of amidine groups is 1. The lowest BCUT2D eigenvalue weighted by molar-refractivity contribution is -0.142. The highest BCUT2D eigenvalue weighted by atomic mass is 32.1. The van der Waals surface area contributed by atoms with Crippen LogP contribution in [-0.2, 0) is 14.3 Å². The minimum Gasteiger partial charge on any atom is -0.464 e. The van der Waals surface area contributed by atoms with Crippen LogP contribution in [0.2, 0.25) is 0 Å². The van der Waals surface area contributed by atoms with Gasteiger partial charge < -0.3 is 4.74 Å². The molecule has 2 rings (SSSR count). The first-order chi connectivity index (χ1) is 9.08. The van der Waals surface area contributed by atoms with Crippen LogP contribution in [0.3, 0.4) is 0 Å². The third-order valence-corrected chi connectivity index (χ3v) is 3.40. The summed E-state index contributed by atoms with van der Waals surface area (Å²) in [7, 11) is 0. The molecule has 0 saturated carbocycles. The Balaban J connectivity index is 2.04. The minimum atomic E-state index is -0.351. The van der Waals surface area contributed by atoms with Crippen LogP contribution in [0.25, 0.3) is 6.08 Å². The Hall–Kier alpha value is -1.95. The Morgan fingerprint density at radius 3 is 3.00 bits per heavy atom. The van der Waals surface area contributed by atoms with Gasteiger partial charge in [-0.15, -0.1) is 11.3 Å². The van der Waals surface area contributed by atoms with Gasteiger partial charge in [0.2, 0.25) is 0 Å². The normalized spacial score (nSPS) is 16.9. The fraction of sp³-hybridized carbons (Fsp3) is 0.308. The van der Waals surface area contributed by atoms with Crippen LogP contribution < -0.4 is 0 Å². The second kappa shape index (κ2) is 5.79. The zero-order valence-corrected chi connectivity index (χ0v) is 11.6. The molecule has 1 aromatic rings. The number of carbonyl (C=O) groups excluding carboxylic acids is 2. The first-order valence-corrected chi connectivity index (χ1v) is 6.71. The predicted molar refractivity (Wildman–Crippen MR) is 73.8 cm³/mol. The molecule has 0 aromatic carbocycles. The van der Waals surface area contributed by atoms with Gasteiger partial charge in [-0.25, -0.2) is 4.99 Å². The van der Waals surface area contributed by atoms with E-state index < -0.39 is 0 Å². The molecule has 5 nitrogen and oxygen atoms in total. The largest absolute Gasteiger partial charge is 0.464 e. The standard InChI is InChI=1S/C13H14N2O3S/c1-9-14-12(8-11-4-3-7-19-11)13(17)15(9)5-6-18-10(2)16/h3-4,7-8H,5-6H2,1-2H3/b12-8+. The van der Waals surface area contributed by atoms with Crippen molar-refractivity contribution in [3.05, 3.63) is 28.1 Å². The maximum atomic E-state index is 12.1. The third-order valence-electron chi connectivity index (χ3n) is 2.58. The van der Waals surface area contributed by atoms with Gasteiger partial charge in [-0.1, -0.05) is 6.07 Å². The van der Waals surface area contributed by atoms with Gasteiger partial charge in [0, 0.05) is 11.8 Å². The molecule has 1 aliphatic rings. The molecule has 1 aromatic heterocycles. The number of ether oxygens (including phenoxy) is 1. The number of nitrogens with zero attached hydrogens (tertiary/aromatic N) is 2. The molecule has 19 heavy (non-hydrogen) atoms. The molecule has 0 spiro atoms. The van der Waals surface area contributed by atoms with Crippen molar-refractivity contribution in [2.24, 2.45) is 4.99 Å². The summed E-state index contributed by atoms with van der Waals surface area (Å²) in [5, 5.41) is 1.95. The quantitative estimate of drug-likeness (QED) is 0.624. The van der Waals surface area contributed by atoms with Gasteiger partial charge in [0.05, 0.1) is 6.54 Å². The van der Waals surface area contributed by atoms with Gasteiger partial charge in [-0.3, -0.25) is 14.5 Å². The SMILES string of the molecule is CC(=O)OCCN1C(=O)/C(=C\c2cccs2)N=C1C. The summed E-state index contributed by atoms with van der Waals surface area (Å²) < 4.78 is 4.84. The monoisotopic (exact) mass is 278 g/mol. The van der Waals surface area contributed by atoms with Gasteiger partial charge in [-0.05, 0) is 24.4 Å². The van der Waals surface area contributed by atoms with Crippen molar-refractivity contribution in [2.45, 2.75) is 13.8 Å². The summed E-state index contributed by atoms with van der Waals surface area (Å²) in [6.07, 6.45) is 1.77. The molecule has 2 heterocycles. The fourth-order valence-electron chi connectivity index (χ4n) is 1.71. The van der Waals surface area contributed by atoms with Gasteiger partial charge in [0.15, 0.2) is 0 Å². The van der Waals surface area contributed by atoms with Crippen LogP contribution in [0.1, 0.15) is 18.7 Å². The molecule has 0 unspecified atom stereocenters. The Morgan fingerprint density at radius 2 is 2.37 bits per heavy atom. The van der Waals surface area contributed by atoms with Gasteiger partial charge in [-0.2, -0.15) is 0 Å². The van der Waals surface area contributed by atoms with E-state index in [1.165, 1.54) is 11.8 Å². The topological polar surface area (TPSA) is 59.0 Å². The number of thiophene rings is 1. The second-order valence-corrected chi connectivity index (χ2v) is 4.98. The first kappa shape index (κ1) is 13.5. The molecule has 1 amide bonds. The van der Waals surface area contributed by atoms with Crippen molar-refractivity contribution in [1.29, 1.82) is 0 Å². The highest BCUT2D eigenvalue weighted by molar-refractivity contribution is 7.10. The Bertz CT molecular complexity index is 546. The van der Waals surface area contributed by atoms with Gasteiger partial charge in [0.25, 0.3) is 5.91 Å². The predicted octanol–water partition coefficient (Wildman–Crippen LogP) is 1.91. The lowest BCUT2D eigenvalue weighted by atomic mass is 10.3. The summed E-state index contributed by atoms with van der Waals surface area (Å²) in [6.45, 7) is 3.62. The van der Waals surface area contributed by atoms with E-state index >= 15 is 0 Å². The number of hydrogen-bond donors (Lipinski definition) is 0. The first-order valence-electron chi connectivity index (χ1n) is 5.83. The molecular weight excluding hydrogens is 264 g/mol. The van der Waals surface area contributed by atoms with Crippen LogP contribution in [0.5, 0.6) is 0 Å². The maximum Gasteiger partial charge on any atom is 0.302 e. The third kappa shape index (κ3) is 3.29. The van der Waals surface area contributed by atoms with Gasteiger partial charge >= 0.3 is 5.97 Å². The van der Waals surface area contributed by atoms with Gasteiger partial charge in [0.1, 0.15) is 18.1 Å². The Morgan fingerprint density at radius 1 is 1.58 bits per heavy atom.